The van der Waals surface area contributed by atoms with Crippen molar-refractivity contribution in [1.29, 1.82) is 0 Å². The lowest BCUT2D eigenvalue weighted by Crippen LogP contribution is -2.45. The first-order chi connectivity index (χ1) is 12.1. The number of hydrogen-bond donors (Lipinski definition) is 3. The first-order valence-electron chi connectivity index (χ1n) is 8.64. The summed E-state index contributed by atoms with van der Waals surface area (Å²) >= 11 is 0. The minimum absolute atomic E-state index is 0.0196. The number of rotatable bonds is 9. The SMILES string of the molecule is CN=C(NCc1ccc(CS(=O)(=O)NC(C)C)cc1)NCC(C)(C)OC. The largest absolute Gasteiger partial charge is 0.377 e. The molecule has 0 fully saturated rings. The van der Waals surface area contributed by atoms with Crippen LogP contribution < -0.4 is 15.4 Å². The quantitative estimate of drug-likeness (QED) is 0.444. The fraction of sp³-hybridized carbons (Fsp3) is 0.611. The van der Waals surface area contributed by atoms with Crippen LogP contribution in [0.5, 0.6) is 0 Å². The van der Waals surface area contributed by atoms with Gasteiger partial charge in [-0.2, -0.15) is 0 Å². The Kier molecular flexibility index (Phi) is 8.52. The van der Waals surface area contributed by atoms with Gasteiger partial charge in [0, 0.05) is 33.3 Å². The van der Waals surface area contributed by atoms with Crippen molar-refractivity contribution >= 4 is 16.0 Å². The number of nitrogens with one attached hydrogen (secondary N) is 3. The summed E-state index contributed by atoms with van der Waals surface area (Å²) in [6.45, 7) is 8.82. The second-order valence-electron chi connectivity index (χ2n) is 7.09. The molecule has 1 rings (SSSR count). The van der Waals surface area contributed by atoms with Gasteiger partial charge in [-0.3, -0.25) is 4.99 Å². The van der Waals surface area contributed by atoms with Crippen LogP contribution in [0.1, 0.15) is 38.8 Å². The molecule has 0 aromatic heterocycles. The van der Waals surface area contributed by atoms with Crippen LogP contribution in [0.25, 0.3) is 0 Å². The van der Waals surface area contributed by atoms with Crippen LogP contribution in [0, 0.1) is 0 Å². The molecular weight excluding hydrogens is 352 g/mol. The zero-order valence-electron chi connectivity index (χ0n) is 16.6. The summed E-state index contributed by atoms with van der Waals surface area (Å²) < 4.78 is 31.9. The van der Waals surface area contributed by atoms with Gasteiger partial charge >= 0.3 is 0 Å². The summed E-state index contributed by atoms with van der Waals surface area (Å²) in [5.41, 5.74) is 1.51. The van der Waals surface area contributed by atoms with Crippen LogP contribution in [0.15, 0.2) is 29.3 Å². The van der Waals surface area contributed by atoms with Crippen LogP contribution in [0.3, 0.4) is 0 Å². The van der Waals surface area contributed by atoms with Crippen molar-refractivity contribution in [2.24, 2.45) is 4.99 Å². The molecule has 0 aliphatic heterocycles. The number of guanidine groups is 1. The maximum absolute atomic E-state index is 12.0. The number of sulfonamides is 1. The number of methoxy groups -OCH3 is 1. The van der Waals surface area contributed by atoms with E-state index in [2.05, 4.69) is 20.3 Å². The molecule has 3 N–H and O–H groups in total. The summed E-state index contributed by atoms with van der Waals surface area (Å²) in [5.74, 6) is 0.664. The van der Waals surface area contributed by atoms with Crippen molar-refractivity contribution in [3.8, 4) is 0 Å². The van der Waals surface area contributed by atoms with Crippen LogP contribution in [-0.4, -0.2) is 46.7 Å². The van der Waals surface area contributed by atoms with Crippen molar-refractivity contribution in [3.63, 3.8) is 0 Å². The zero-order chi connectivity index (χ0) is 19.8. The van der Waals surface area contributed by atoms with Gasteiger partial charge in [-0.25, -0.2) is 13.1 Å². The highest BCUT2D eigenvalue weighted by Gasteiger charge is 2.16. The van der Waals surface area contributed by atoms with Crippen molar-refractivity contribution in [2.45, 2.75) is 51.6 Å². The Morgan fingerprint density at radius 3 is 2.23 bits per heavy atom. The van der Waals surface area contributed by atoms with Gasteiger partial charge in [0.1, 0.15) is 0 Å². The van der Waals surface area contributed by atoms with Crippen LogP contribution >= 0.6 is 0 Å². The maximum Gasteiger partial charge on any atom is 0.216 e. The summed E-state index contributed by atoms with van der Waals surface area (Å²) in [4.78, 5) is 4.19. The van der Waals surface area contributed by atoms with Gasteiger partial charge in [0.25, 0.3) is 0 Å². The number of ether oxygens (including phenoxy) is 1. The lowest BCUT2D eigenvalue weighted by atomic mass is 10.1. The van der Waals surface area contributed by atoms with E-state index in [-0.39, 0.29) is 17.4 Å². The number of nitrogens with zero attached hydrogens (tertiary/aromatic N) is 1. The third-order valence-corrected chi connectivity index (χ3v) is 5.26. The van der Waals surface area contributed by atoms with Gasteiger partial charge in [-0.05, 0) is 38.8 Å². The van der Waals surface area contributed by atoms with E-state index in [9.17, 15) is 8.42 Å². The zero-order valence-corrected chi connectivity index (χ0v) is 17.4. The smallest absolute Gasteiger partial charge is 0.216 e. The predicted molar refractivity (Wildman–Crippen MR) is 107 cm³/mol. The molecule has 1 aromatic rings. The number of benzene rings is 1. The van der Waals surface area contributed by atoms with Crippen molar-refractivity contribution in [2.75, 3.05) is 20.7 Å². The fourth-order valence-corrected chi connectivity index (χ4v) is 3.58. The first-order valence-corrected chi connectivity index (χ1v) is 10.3. The third kappa shape index (κ3) is 8.64. The Labute approximate surface area is 157 Å². The van der Waals surface area contributed by atoms with Gasteiger partial charge in [-0.15, -0.1) is 0 Å². The highest BCUT2D eigenvalue weighted by atomic mass is 32.2. The molecule has 8 heteroatoms. The third-order valence-electron chi connectivity index (χ3n) is 3.71. The topological polar surface area (TPSA) is 91.8 Å². The van der Waals surface area contributed by atoms with E-state index in [1.165, 1.54) is 0 Å². The second kappa shape index (κ2) is 9.89. The average molecular weight is 385 g/mol. The predicted octanol–water partition coefficient (Wildman–Crippen LogP) is 1.60. The van der Waals surface area contributed by atoms with E-state index >= 15 is 0 Å². The van der Waals surface area contributed by atoms with E-state index in [0.717, 1.165) is 11.1 Å². The molecule has 0 unspecified atom stereocenters. The van der Waals surface area contributed by atoms with Crippen LogP contribution in [0.2, 0.25) is 0 Å². The van der Waals surface area contributed by atoms with E-state index in [1.54, 1.807) is 28.0 Å². The molecule has 148 valence electrons. The Morgan fingerprint density at radius 2 is 1.73 bits per heavy atom. The normalized spacial score (nSPS) is 13.1. The molecule has 0 saturated carbocycles. The molecule has 0 atom stereocenters. The molecule has 0 bridgehead atoms. The van der Waals surface area contributed by atoms with Gasteiger partial charge in [0.05, 0.1) is 11.4 Å². The highest BCUT2D eigenvalue weighted by Crippen LogP contribution is 2.09. The van der Waals surface area contributed by atoms with Crippen molar-refractivity contribution in [1.82, 2.24) is 15.4 Å². The summed E-state index contributed by atoms with van der Waals surface area (Å²) in [5, 5.41) is 6.45. The minimum Gasteiger partial charge on any atom is -0.377 e. The Balaban J connectivity index is 2.56. The molecule has 26 heavy (non-hydrogen) atoms. The van der Waals surface area contributed by atoms with E-state index in [1.807, 2.05) is 38.1 Å². The van der Waals surface area contributed by atoms with Gasteiger partial charge in [0.15, 0.2) is 5.96 Å². The van der Waals surface area contributed by atoms with Crippen LogP contribution in [0.4, 0.5) is 0 Å². The van der Waals surface area contributed by atoms with Crippen molar-refractivity contribution in [3.05, 3.63) is 35.4 Å². The standard InChI is InChI=1S/C18H32N4O3S/c1-14(2)22-26(23,24)12-16-9-7-15(8-10-16)11-20-17(19-5)21-13-18(3,4)25-6/h7-10,14,22H,11-13H2,1-6H3,(H2,19,20,21). The molecule has 0 spiro atoms. The summed E-state index contributed by atoms with van der Waals surface area (Å²) in [7, 11) is 0.0831. The van der Waals surface area contributed by atoms with Gasteiger partial charge in [0.2, 0.25) is 10.0 Å². The van der Waals surface area contributed by atoms with E-state index < -0.39 is 10.0 Å². The van der Waals surface area contributed by atoms with Crippen molar-refractivity contribution < 1.29 is 13.2 Å². The highest BCUT2D eigenvalue weighted by molar-refractivity contribution is 7.88. The minimum atomic E-state index is -3.31. The van der Waals surface area contributed by atoms with Gasteiger partial charge in [-0.1, -0.05) is 24.3 Å². The van der Waals surface area contributed by atoms with Gasteiger partial charge < -0.3 is 15.4 Å². The molecule has 0 radical (unpaired) electrons. The van der Waals surface area contributed by atoms with Crippen LogP contribution in [-0.2, 0) is 27.1 Å². The molecule has 0 heterocycles. The molecule has 1 aromatic carbocycles. The second-order valence-corrected chi connectivity index (χ2v) is 8.85. The average Bonchev–Trinajstić information content (AvgIpc) is 2.55. The lowest BCUT2D eigenvalue weighted by Gasteiger charge is -2.24. The molecule has 7 nitrogen and oxygen atoms in total. The fourth-order valence-electron chi connectivity index (χ4n) is 2.15. The maximum atomic E-state index is 12.0. The Bertz CT molecular complexity index is 683. The monoisotopic (exact) mass is 384 g/mol. The van der Waals surface area contributed by atoms with E-state index in [4.69, 9.17) is 4.74 Å². The number of aliphatic imine (C=N–C) groups is 1. The van der Waals surface area contributed by atoms with E-state index in [0.29, 0.717) is 19.0 Å². The molecular formula is C18H32N4O3S. The molecule has 0 aliphatic carbocycles. The Hall–Kier alpha value is -1.64. The number of hydrogen-bond acceptors (Lipinski definition) is 4. The summed E-state index contributed by atoms with van der Waals surface area (Å²) in [6, 6.07) is 7.40. The molecule has 0 aliphatic rings. The Morgan fingerprint density at radius 1 is 1.15 bits per heavy atom. The molecule has 0 amide bonds. The molecule has 0 saturated heterocycles. The lowest BCUT2D eigenvalue weighted by molar-refractivity contribution is 0.0268. The first kappa shape index (κ1) is 22.4. The summed E-state index contributed by atoms with van der Waals surface area (Å²) in [6.07, 6.45) is 0.